The van der Waals surface area contributed by atoms with Crippen LogP contribution in [0.25, 0.3) is 0 Å². The summed E-state index contributed by atoms with van der Waals surface area (Å²) in [5.74, 6) is 3.34. The molecule has 0 heterocycles. The molecule has 3 saturated carbocycles. The summed E-state index contributed by atoms with van der Waals surface area (Å²) < 4.78 is 40.6. The van der Waals surface area contributed by atoms with E-state index in [0.29, 0.717) is 32.0 Å². The minimum absolute atomic E-state index is 0.529. The van der Waals surface area contributed by atoms with Gasteiger partial charge in [0.15, 0.2) is 12.3 Å². The van der Waals surface area contributed by atoms with Gasteiger partial charge >= 0.3 is 0 Å². The molecule has 31 heavy (non-hydrogen) atoms. The van der Waals surface area contributed by atoms with Crippen LogP contribution >= 0.6 is 0 Å². The number of alkyl halides is 2. The maximum absolute atomic E-state index is 14.6. The molecule has 0 aliphatic heterocycles. The molecule has 3 fully saturated rings. The molecule has 3 rings (SSSR count). The molecule has 3 aliphatic carbocycles. The SMILES string of the molecule is CCCCOC1CCC(OCC2CCC(C3CCC(CCCC)CC3)CC2)C(F)C1F. The molecule has 0 spiro atoms. The second kappa shape index (κ2) is 13.5. The Morgan fingerprint density at radius 3 is 1.68 bits per heavy atom. The van der Waals surface area contributed by atoms with Crippen molar-refractivity contribution in [3.05, 3.63) is 0 Å². The molecule has 182 valence electrons. The number of rotatable bonds is 11. The summed E-state index contributed by atoms with van der Waals surface area (Å²) in [5, 5.41) is 0. The average molecular weight is 443 g/mol. The second-order valence-corrected chi connectivity index (χ2v) is 10.8. The van der Waals surface area contributed by atoms with Crippen molar-refractivity contribution >= 4 is 0 Å². The number of ether oxygens (including phenoxy) is 2. The van der Waals surface area contributed by atoms with Crippen LogP contribution in [-0.2, 0) is 9.47 Å². The quantitative estimate of drug-likeness (QED) is 0.304. The molecular weight excluding hydrogens is 394 g/mol. The minimum Gasteiger partial charge on any atom is -0.375 e. The maximum atomic E-state index is 14.6. The Morgan fingerprint density at radius 2 is 1.13 bits per heavy atom. The van der Waals surface area contributed by atoms with Crippen molar-refractivity contribution in [3.63, 3.8) is 0 Å². The molecule has 3 aliphatic rings. The molecule has 2 nitrogen and oxygen atoms in total. The average Bonchev–Trinajstić information content (AvgIpc) is 2.81. The van der Waals surface area contributed by atoms with Crippen molar-refractivity contribution in [2.45, 2.75) is 135 Å². The Bertz CT molecular complexity index is 472. The molecule has 4 heteroatoms. The van der Waals surface area contributed by atoms with Crippen molar-refractivity contribution in [1.82, 2.24) is 0 Å². The van der Waals surface area contributed by atoms with Gasteiger partial charge in [-0.05, 0) is 81.5 Å². The molecule has 0 aromatic heterocycles. The molecule has 0 bridgehead atoms. The van der Waals surface area contributed by atoms with E-state index in [1.54, 1.807) is 0 Å². The summed E-state index contributed by atoms with van der Waals surface area (Å²) >= 11 is 0. The lowest BCUT2D eigenvalue weighted by Gasteiger charge is -2.39. The summed E-state index contributed by atoms with van der Waals surface area (Å²) in [4.78, 5) is 0. The third-order valence-electron chi connectivity index (χ3n) is 8.54. The first-order chi connectivity index (χ1) is 15.1. The van der Waals surface area contributed by atoms with E-state index in [2.05, 4.69) is 13.8 Å². The Morgan fingerprint density at radius 1 is 0.613 bits per heavy atom. The van der Waals surface area contributed by atoms with Crippen molar-refractivity contribution < 1.29 is 18.3 Å². The zero-order valence-corrected chi connectivity index (χ0v) is 20.2. The fourth-order valence-electron chi connectivity index (χ4n) is 6.31. The zero-order valence-electron chi connectivity index (χ0n) is 20.2. The van der Waals surface area contributed by atoms with Crippen LogP contribution in [0.5, 0.6) is 0 Å². The maximum Gasteiger partial charge on any atom is 0.160 e. The van der Waals surface area contributed by atoms with Gasteiger partial charge in [0.25, 0.3) is 0 Å². The highest BCUT2D eigenvalue weighted by Crippen LogP contribution is 2.42. The van der Waals surface area contributed by atoms with Crippen LogP contribution in [0.3, 0.4) is 0 Å². The normalized spacial score (nSPS) is 39.5. The van der Waals surface area contributed by atoms with E-state index in [1.807, 2.05) is 0 Å². The lowest BCUT2D eigenvalue weighted by atomic mass is 9.69. The van der Waals surface area contributed by atoms with Gasteiger partial charge in [0.1, 0.15) is 0 Å². The third kappa shape index (κ3) is 7.66. The van der Waals surface area contributed by atoms with Gasteiger partial charge in [-0.25, -0.2) is 8.78 Å². The van der Waals surface area contributed by atoms with Crippen molar-refractivity contribution in [2.24, 2.45) is 23.7 Å². The fourth-order valence-corrected chi connectivity index (χ4v) is 6.31. The molecule has 0 aromatic rings. The molecule has 0 radical (unpaired) electrons. The van der Waals surface area contributed by atoms with Crippen molar-refractivity contribution in [3.8, 4) is 0 Å². The summed E-state index contributed by atoms with van der Waals surface area (Å²) in [6.07, 6.45) is 13.8. The molecular formula is C27H48F2O2. The summed E-state index contributed by atoms with van der Waals surface area (Å²) in [7, 11) is 0. The fraction of sp³-hybridized carbons (Fsp3) is 1.00. The first kappa shape index (κ1) is 25.4. The van der Waals surface area contributed by atoms with Gasteiger partial charge in [0.2, 0.25) is 0 Å². The van der Waals surface area contributed by atoms with Gasteiger partial charge in [-0.3, -0.25) is 0 Å². The number of hydrogen-bond acceptors (Lipinski definition) is 2. The molecule has 0 saturated heterocycles. The van der Waals surface area contributed by atoms with E-state index in [0.717, 1.165) is 30.6 Å². The molecule has 4 atom stereocenters. The lowest BCUT2D eigenvalue weighted by molar-refractivity contribution is -0.124. The second-order valence-electron chi connectivity index (χ2n) is 10.8. The van der Waals surface area contributed by atoms with Gasteiger partial charge in [0.05, 0.1) is 12.2 Å². The highest BCUT2D eigenvalue weighted by molar-refractivity contribution is 4.90. The summed E-state index contributed by atoms with van der Waals surface area (Å²) in [5.41, 5.74) is 0. The van der Waals surface area contributed by atoms with Crippen molar-refractivity contribution in [2.75, 3.05) is 13.2 Å². The lowest BCUT2D eigenvalue weighted by Crippen LogP contribution is -2.47. The van der Waals surface area contributed by atoms with E-state index in [-0.39, 0.29) is 0 Å². The molecule has 0 aromatic carbocycles. The number of halogens is 2. The zero-order chi connectivity index (χ0) is 22.1. The van der Waals surface area contributed by atoms with Gasteiger partial charge < -0.3 is 9.47 Å². The van der Waals surface area contributed by atoms with Gasteiger partial charge in [-0.2, -0.15) is 0 Å². The Balaban J connectivity index is 1.31. The Kier molecular flexibility index (Phi) is 11.0. The van der Waals surface area contributed by atoms with Crippen LogP contribution in [0.4, 0.5) is 8.78 Å². The minimum atomic E-state index is -1.54. The van der Waals surface area contributed by atoms with Crippen LogP contribution in [0.15, 0.2) is 0 Å². The predicted molar refractivity (Wildman–Crippen MR) is 124 cm³/mol. The highest BCUT2D eigenvalue weighted by atomic mass is 19.2. The first-order valence-electron chi connectivity index (χ1n) is 13.6. The number of hydrogen-bond donors (Lipinski definition) is 0. The smallest absolute Gasteiger partial charge is 0.160 e. The van der Waals surface area contributed by atoms with Crippen LogP contribution in [0.1, 0.15) is 110 Å². The number of unbranched alkanes of at least 4 members (excludes halogenated alkanes) is 2. The standard InChI is InChI=1S/C27H48F2O2/c1-3-5-7-20-8-12-22(13-9-20)23-14-10-21(11-15-23)19-31-25-17-16-24(26(28)27(25)29)30-18-6-4-2/h20-27H,3-19H2,1-2H3. The molecule has 4 unspecified atom stereocenters. The van der Waals surface area contributed by atoms with Crippen molar-refractivity contribution in [1.29, 1.82) is 0 Å². The largest absolute Gasteiger partial charge is 0.375 e. The topological polar surface area (TPSA) is 18.5 Å². The Labute approximate surface area is 190 Å². The first-order valence-corrected chi connectivity index (χ1v) is 13.6. The van der Waals surface area contributed by atoms with E-state index in [1.165, 1.54) is 70.6 Å². The monoisotopic (exact) mass is 442 g/mol. The van der Waals surface area contributed by atoms with E-state index >= 15 is 0 Å². The van der Waals surface area contributed by atoms with E-state index < -0.39 is 24.6 Å². The van der Waals surface area contributed by atoms with Gasteiger partial charge in [-0.15, -0.1) is 0 Å². The molecule has 0 N–H and O–H groups in total. The Hall–Kier alpha value is -0.220. The van der Waals surface area contributed by atoms with E-state index in [4.69, 9.17) is 9.47 Å². The summed E-state index contributed by atoms with van der Waals surface area (Å²) in [6, 6.07) is 0. The van der Waals surface area contributed by atoms with Crippen LogP contribution in [-0.4, -0.2) is 37.8 Å². The molecule has 0 amide bonds. The predicted octanol–water partition coefficient (Wildman–Crippen LogP) is 7.83. The highest BCUT2D eigenvalue weighted by Gasteiger charge is 2.42. The van der Waals surface area contributed by atoms with E-state index in [9.17, 15) is 8.78 Å². The third-order valence-corrected chi connectivity index (χ3v) is 8.54. The van der Waals surface area contributed by atoms with Gasteiger partial charge in [0, 0.05) is 13.2 Å². The van der Waals surface area contributed by atoms with Crippen LogP contribution in [0, 0.1) is 23.7 Å². The van der Waals surface area contributed by atoms with Crippen LogP contribution in [0.2, 0.25) is 0 Å². The summed E-state index contributed by atoms with van der Waals surface area (Å²) in [6.45, 7) is 5.51. The van der Waals surface area contributed by atoms with Gasteiger partial charge in [-0.1, -0.05) is 52.4 Å². The van der Waals surface area contributed by atoms with Crippen LogP contribution < -0.4 is 0 Å².